The molecule has 0 N–H and O–H groups in total. The Bertz CT molecular complexity index is 579. The van der Waals surface area contributed by atoms with Gasteiger partial charge in [-0.2, -0.15) is 0 Å². The molecule has 0 aromatic heterocycles. The lowest BCUT2D eigenvalue weighted by Gasteiger charge is -2.60. The van der Waals surface area contributed by atoms with Crippen LogP contribution in [0.15, 0.2) is 0 Å². The SMILES string of the molecule is CC(C)CCC[C@H](C)[C@@H]1CC[C@H]2[C@H]3CC[C@H]4C(=O)CCC[C@@]4(C)[C@H]3CC[C@@]21C. The number of carbonyl (C=O) groups is 1. The molecule has 0 aromatic rings. The molecule has 0 saturated heterocycles. The van der Waals surface area contributed by atoms with Crippen LogP contribution in [-0.4, -0.2) is 5.78 Å². The Morgan fingerprint density at radius 1 is 0.893 bits per heavy atom. The summed E-state index contributed by atoms with van der Waals surface area (Å²) in [6.07, 6.45) is 16.0. The highest BCUT2D eigenvalue weighted by atomic mass is 16.1. The van der Waals surface area contributed by atoms with E-state index in [2.05, 4.69) is 34.6 Å². The third-order valence-electron chi connectivity index (χ3n) is 10.6. The largest absolute Gasteiger partial charge is 0.299 e. The Balaban J connectivity index is 1.48. The van der Waals surface area contributed by atoms with E-state index in [1.807, 2.05) is 0 Å². The molecule has 0 heterocycles. The fourth-order valence-electron chi connectivity index (χ4n) is 9.19. The second kappa shape index (κ2) is 7.73. The number of fused-ring (bicyclic) bond motifs is 5. The molecule has 28 heavy (non-hydrogen) atoms. The summed E-state index contributed by atoms with van der Waals surface area (Å²) in [5, 5.41) is 0. The lowest BCUT2D eigenvalue weighted by atomic mass is 9.44. The van der Waals surface area contributed by atoms with Gasteiger partial charge in [-0.05, 0) is 97.7 Å². The van der Waals surface area contributed by atoms with Crippen molar-refractivity contribution in [2.45, 2.75) is 112 Å². The van der Waals surface area contributed by atoms with E-state index in [4.69, 9.17) is 0 Å². The molecule has 4 aliphatic rings. The van der Waals surface area contributed by atoms with Gasteiger partial charge in [0.05, 0.1) is 0 Å². The summed E-state index contributed by atoms with van der Waals surface area (Å²) in [5.41, 5.74) is 0.917. The highest BCUT2D eigenvalue weighted by molar-refractivity contribution is 5.82. The van der Waals surface area contributed by atoms with Crippen LogP contribution in [0.5, 0.6) is 0 Å². The Hall–Kier alpha value is -0.330. The third kappa shape index (κ3) is 3.31. The Labute approximate surface area is 174 Å². The number of Topliss-reactive ketones (excluding diaryl/α,β-unsaturated/α-hetero) is 1. The van der Waals surface area contributed by atoms with E-state index in [9.17, 15) is 4.79 Å². The summed E-state index contributed by atoms with van der Waals surface area (Å²) >= 11 is 0. The molecular weight excluding hydrogens is 340 g/mol. The van der Waals surface area contributed by atoms with Crippen molar-refractivity contribution in [3.63, 3.8) is 0 Å². The first kappa shape index (κ1) is 20.9. The van der Waals surface area contributed by atoms with Gasteiger partial charge in [-0.25, -0.2) is 0 Å². The lowest BCUT2D eigenvalue weighted by molar-refractivity contribution is -0.149. The van der Waals surface area contributed by atoms with E-state index in [1.54, 1.807) is 0 Å². The lowest BCUT2D eigenvalue weighted by Crippen LogP contribution is -2.54. The maximum Gasteiger partial charge on any atom is 0.136 e. The maximum absolute atomic E-state index is 12.7. The van der Waals surface area contributed by atoms with Crippen LogP contribution < -0.4 is 0 Å². The van der Waals surface area contributed by atoms with E-state index >= 15 is 0 Å². The van der Waals surface area contributed by atoms with Crippen molar-refractivity contribution < 1.29 is 4.79 Å². The van der Waals surface area contributed by atoms with Gasteiger partial charge in [0.1, 0.15) is 5.78 Å². The molecule has 4 rings (SSSR count). The van der Waals surface area contributed by atoms with Crippen molar-refractivity contribution in [2.75, 3.05) is 0 Å². The smallest absolute Gasteiger partial charge is 0.136 e. The van der Waals surface area contributed by atoms with Crippen molar-refractivity contribution >= 4 is 5.78 Å². The minimum atomic E-state index is 0.334. The van der Waals surface area contributed by atoms with Gasteiger partial charge in [0.15, 0.2) is 0 Å². The molecule has 160 valence electrons. The molecule has 4 aliphatic carbocycles. The van der Waals surface area contributed by atoms with Crippen molar-refractivity contribution in [3.8, 4) is 0 Å². The zero-order chi connectivity index (χ0) is 20.1. The average Bonchev–Trinajstić information content (AvgIpc) is 2.98. The molecule has 1 heteroatoms. The minimum absolute atomic E-state index is 0.334. The summed E-state index contributed by atoms with van der Waals surface area (Å²) < 4.78 is 0. The highest BCUT2D eigenvalue weighted by Crippen LogP contribution is 2.68. The molecule has 1 nitrogen and oxygen atoms in total. The van der Waals surface area contributed by atoms with Gasteiger partial charge >= 0.3 is 0 Å². The van der Waals surface area contributed by atoms with Crippen LogP contribution in [0.3, 0.4) is 0 Å². The standard InChI is InChI=1S/C27H46O/c1-18(2)8-6-9-19(3)21-13-14-22-20-11-12-24-25(28)10-7-16-26(24,4)23(20)15-17-27(21,22)5/h18-24H,6-17H2,1-5H3/t19-,20+,21-,22-,23-,24-,26-,27+/m0/s1. The maximum atomic E-state index is 12.7. The fourth-order valence-corrected chi connectivity index (χ4v) is 9.19. The first-order valence-electron chi connectivity index (χ1n) is 12.8. The van der Waals surface area contributed by atoms with Gasteiger partial charge in [0.2, 0.25) is 0 Å². The van der Waals surface area contributed by atoms with E-state index in [0.29, 0.717) is 22.5 Å². The molecule has 0 bridgehead atoms. The molecule has 8 atom stereocenters. The van der Waals surface area contributed by atoms with Gasteiger partial charge in [-0.15, -0.1) is 0 Å². The molecule has 0 aromatic carbocycles. The first-order chi connectivity index (χ1) is 13.3. The first-order valence-corrected chi connectivity index (χ1v) is 12.8. The second-order valence-electron chi connectivity index (χ2n) is 12.4. The average molecular weight is 387 g/mol. The normalized spacial score (nSPS) is 46.8. The van der Waals surface area contributed by atoms with Gasteiger partial charge in [0, 0.05) is 12.3 Å². The number of hydrogen-bond donors (Lipinski definition) is 0. The Morgan fingerprint density at radius 3 is 2.39 bits per heavy atom. The third-order valence-corrected chi connectivity index (χ3v) is 10.6. The molecule has 0 spiro atoms. The van der Waals surface area contributed by atoms with E-state index in [0.717, 1.165) is 48.3 Å². The quantitative estimate of drug-likeness (QED) is 0.473. The Kier molecular flexibility index (Phi) is 5.78. The van der Waals surface area contributed by atoms with Gasteiger partial charge in [-0.3, -0.25) is 4.79 Å². The zero-order valence-electron chi connectivity index (χ0n) is 19.4. The number of ketones is 1. The summed E-state index contributed by atoms with van der Waals surface area (Å²) in [5.74, 6) is 6.41. The summed E-state index contributed by atoms with van der Waals surface area (Å²) in [6, 6.07) is 0. The van der Waals surface area contributed by atoms with Crippen molar-refractivity contribution in [3.05, 3.63) is 0 Å². The van der Waals surface area contributed by atoms with E-state index in [1.165, 1.54) is 64.2 Å². The molecular formula is C27H46O. The van der Waals surface area contributed by atoms with Crippen LogP contribution >= 0.6 is 0 Å². The predicted molar refractivity (Wildman–Crippen MR) is 118 cm³/mol. The minimum Gasteiger partial charge on any atom is -0.299 e. The van der Waals surface area contributed by atoms with Crippen LogP contribution in [-0.2, 0) is 4.79 Å². The van der Waals surface area contributed by atoms with Gasteiger partial charge in [0.25, 0.3) is 0 Å². The van der Waals surface area contributed by atoms with Crippen molar-refractivity contribution in [1.82, 2.24) is 0 Å². The van der Waals surface area contributed by atoms with E-state index < -0.39 is 0 Å². The second-order valence-corrected chi connectivity index (χ2v) is 12.4. The van der Waals surface area contributed by atoms with Crippen molar-refractivity contribution in [2.24, 2.45) is 52.3 Å². The highest BCUT2D eigenvalue weighted by Gasteiger charge is 2.61. The molecule has 4 saturated carbocycles. The van der Waals surface area contributed by atoms with Crippen LogP contribution in [0.2, 0.25) is 0 Å². The number of hydrogen-bond acceptors (Lipinski definition) is 1. The predicted octanol–water partition coefficient (Wildman–Crippen LogP) is 7.68. The summed E-state index contributed by atoms with van der Waals surface area (Å²) in [4.78, 5) is 12.7. The topological polar surface area (TPSA) is 17.1 Å². The molecule has 4 fully saturated rings. The van der Waals surface area contributed by atoms with Crippen LogP contribution in [0.25, 0.3) is 0 Å². The molecule has 0 amide bonds. The number of carbonyl (C=O) groups excluding carboxylic acids is 1. The summed E-state index contributed by atoms with van der Waals surface area (Å²) in [6.45, 7) is 12.5. The van der Waals surface area contributed by atoms with E-state index in [-0.39, 0.29) is 0 Å². The van der Waals surface area contributed by atoms with Gasteiger partial charge in [-0.1, -0.05) is 53.9 Å². The molecule has 0 aliphatic heterocycles. The summed E-state index contributed by atoms with van der Waals surface area (Å²) in [7, 11) is 0. The molecule has 0 radical (unpaired) electrons. The fraction of sp³-hybridized carbons (Fsp3) is 0.963. The Morgan fingerprint density at radius 2 is 1.64 bits per heavy atom. The number of rotatable bonds is 5. The monoisotopic (exact) mass is 386 g/mol. The van der Waals surface area contributed by atoms with Crippen LogP contribution in [0.1, 0.15) is 112 Å². The van der Waals surface area contributed by atoms with Gasteiger partial charge < -0.3 is 0 Å². The van der Waals surface area contributed by atoms with Crippen molar-refractivity contribution in [1.29, 1.82) is 0 Å². The zero-order valence-corrected chi connectivity index (χ0v) is 19.4. The molecule has 0 unspecified atom stereocenters. The van der Waals surface area contributed by atoms with Crippen LogP contribution in [0, 0.1) is 52.3 Å². The van der Waals surface area contributed by atoms with Crippen LogP contribution in [0.4, 0.5) is 0 Å².